The highest BCUT2D eigenvalue weighted by Crippen LogP contribution is 2.34. The molecule has 1 unspecified atom stereocenters. The van der Waals surface area contributed by atoms with Crippen LogP contribution in [0.1, 0.15) is 22.0 Å². The van der Waals surface area contributed by atoms with Crippen LogP contribution in [0.4, 0.5) is 8.78 Å². The normalized spacial score (nSPS) is 13.8. The van der Waals surface area contributed by atoms with Crippen LogP contribution in [0.5, 0.6) is 11.5 Å². The fraction of sp³-hybridized carbons (Fsp3) is 0.278. The van der Waals surface area contributed by atoms with Gasteiger partial charge in [0.05, 0.1) is 6.04 Å². The van der Waals surface area contributed by atoms with Gasteiger partial charge in [-0.2, -0.15) is 0 Å². The van der Waals surface area contributed by atoms with Crippen LogP contribution >= 0.6 is 0 Å². The first-order chi connectivity index (χ1) is 12.0. The van der Waals surface area contributed by atoms with E-state index in [1.54, 1.807) is 0 Å². The summed E-state index contributed by atoms with van der Waals surface area (Å²) in [6.07, 6.45) is 0. The molecular weight excluding hydrogens is 330 g/mol. The maximum Gasteiger partial charge on any atom is 0.251 e. The number of fused-ring (bicyclic) bond motifs is 1. The topological polar surface area (TPSA) is 50.8 Å². The summed E-state index contributed by atoms with van der Waals surface area (Å²) in [4.78, 5) is 14.1. The second-order valence-electron chi connectivity index (χ2n) is 5.93. The minimum absolute atomic E-state index is 0.0714. The summed E-state index contributed by atoms with van der Waals surface area (Å²) < 4.78 is 36.9. The van der Waals surface area contributed by atoms with E-state index >= 15 is 0 Å². The molecule has 0 saturated carbocycles. The lowest BCUT2D eigenvalue weighted by Gasteiger charge is -2.25. The Morgan fingerprint density at radius 3 is 2.60 bits per heavy atom. The van der Waals surface area contributed by atoms with Crippen molar-refractivity contribution in [3.8, 4) is 11.5 Å². The summed E-state index contributed by atoms with van der Waals surface area (Å²) in [6.45, 7) is 0.489. The monoisotopic (exact) mass is 348 g/mol. The number of hydrogen-bond donors (Lipinski definition) is 1. The summed E-state index contributed by atoms with van der Waals surface area (Å²) in [5.41, 5.74) is 1.02. The van der Waals surface area contributed by atoms with Gasteiger partial charge in [-0.15, -0.1) is 0 Å². The van der Waals surface area contributed by atoms with Crippen LogP contribution < -0.4 is 14.8 Å². The molecule has 0 fully saturated rings. The Labute approximate surface area is 144 Å². The molecule has 0 aromatic heterocycles. The first kappa shape index (κ1) is 17.2. The fourth-order valence-electron chi connectivity index (χ4n) is 2.65. The molecule has 0 bridgehead atoms. The van der Waals surface area contributed by atoms with Gasteiger partial charge < -0.3 is 19.7 Å². The van der Waals surface area contributed by atoms with Crippen LogP contribution in [-0.2, 0) is 0 Å². The molecule has 5 nitrogen and oxygen atoms in total. The Kier molecular flexibility index (Phi) is 4.85. The van der Waals surface area contributed by atoms with Gasteiger partial charge >= 0.3 is 0 Å². The molecule has 2 aromatic rings. The van der Waals surface area contributed by atoms with E-state index < -0.39 is 17.5 Å². The van der Waals surface area contributed by atoms with E-state index in [9.17, 15) is 13.6 Å². The molecule has 1 amide bonds. The Hall–Kier alpha value is -2.67. The number of nitrogens with zero attached hydrogens (tertiary/aromatic N) is 1. The third-order valence-electron chi connectivity index (χ3n) is 4.04. The van der Waals surface area contributed by atoms with Crippen LogP contribution in [0.2, 0.25) is 0 Å². The van der Waals surface area contributed by atoms with Gasteiger partial charge in [0.25, 0.3) is 5.91 Å². The lowest BCUT2D eigenvalue weighted by molar-refractivity contribution is 0.0941. The molecule has 3 rings (SSSR count). The van der Waals surface area contributed by atoms with Crippen molar-refractivity contribution in [1.29, 1.82) is 0 Å². The highest BCUT2D eigenvalue weighted by molar-refractivity contribution is 5.94. The maximum absolute atomic E-state index is 13.3. The van der Waals surface area contributed by atoms with Gasteiger partial charge in [-0.1, -0.05) is 6.07 Å². The number of rotatable bonds is 5. The van der Waals surface area contributed by atoms with Crippen LogP contribution in [0.25, 0.3) is 0 Å². The second kappa shape index (κ2) is 7.06. The number of carbonyl (C=O) groups excluding carboxylic acids is 1. The number of likely N-dealkylation sites (N-methyl/N-ethyl adjacent to an activating group) is 1. The zero-order valence-corrected chi connectivity index (χ0v) is 13.9. The van der Waals surface area contributed by atoms with E-state index in [0.29, 0.717) is 18.0 Å². The van der Waals surface area contributed by atoms with Crippen LogP contribution in [-0.4, -0.2) is 38.2 Å². The summed E-state index contributed by atoms with van der Waals surface area (Å²) in [7, 11) is 3.78. The minimum Gasteiger partial charge on any atom is -0.454 e. The van der Waals surface area contributed by atoms with Crippen LogP contribution in [0.15, 0.2) is 36.4 Å². The maximum atomic E-state index is 13.3. The van der Waals surface area contributed by atoms with E-state index in [1.165, 1.54) is 6.07 Å². The van der Waals surface area contributed by atoms with Crippen molar-refractivity contribution in [3.05, 3.63) is 59.2 Å². The third-order valence-corrected chi connectivity index (χ3v) is 4.04. The van der Waals surface area contributed by atoms with Gasteiger partial charge in [-0.25, -0.2) is 8.78 Å². The number of halogens is 2. The number of amides is 1. The smallest absolute Gasteiger partial charge is 0.251 e. The molecule has 0 aliphatic carbocycles. The van der Waals surface area contributed by atoms with Crippen molar-refractivity contribution in [2.24, 2.45) is 0 Å². The van der Waals surface area contributed by atoms with Gasteiger partial charge in [-0.05, 0) is 50.0 Å². The van der Waals surface area contributed by atoms with Crippen molar-refractivity contribution in [2.45, 2.75) is 6.04 Å². The lowest BCUT2D eigenvalue weighted by Crippen LogP contribution is -2.34. The zero-order valence-electron chi connectivity index (χ0n) is 13.9. The van der Waals surface area contributed by atoms with Gasteiger partial charge in [-0.3, -0.25) is 4.79 Å². The Morgan fingerprint density at radius 1 is 1.12 bits per heavy atom. The Balaban J connectivity index is 1.72. The number of ether oxygens (including phenoxy) is 2. The van der Waals surface area contributed by atoms with E-state index in [0.717, 1.165) is 17.7 Å². The average molecular weight is 348 g/mol. The highest BCUT2D eigenvalue weighted by atomic mass is 19.2. The van der Waals surface area contributed by atoms with Crippen LogP contribution in [0.3, 0.4) is 0 Å². The highest BCUT2D eigenvalue weighted by Gasteiger charge is 2.20. The summed E-state index contributed by atoms with van der Waals surface area (Å²) in [5, 5.41) is 2.75. The van der Waals surface area contributed by atoms with E-state index in [1.807, 2.05) is 37.2 Å². The molecule has 1 atom stereocenters. The number of carbonyl (C=O) groups is 1. The molecule has 2 aromatic carbocycles. The molecule has 0 saturated heterocycles. The molecule has 132 valence electrons. The van der Waals surface area contributed by atoms with Gasteiger partial charge in [0.1, 0.15) is 0 Å². The fourth-order valence-corrected chi connectivity index (χ4v) is 2.65. The van der Waals surface area contributed by atoms with Crippen molar-refractivity contribution < 1.29 is 23.0 Å². The summed E-state index contributed by atoms with van der Waals surface area (Å²) in [5.74, 6) is -1.15. The molecule has 1 aliphatic heterocycles. The van der Waals surface area contributed by atoms with Crippen molar-refractivity contribution in [2.75, 3.05) is 27.4 Å². The molecule has 1 N–H and O–H groups in total. The van der Waals surface area contributed by atoms with Crippen LogP contribution in [0, 0.1) is 11.6 Å². The quantitative estimate of drug-likeness (QED) is 0.903. The molecule has 7 heteroatoms. The summed E-state index contributed by atoms with van der Waals surface area (Å²) >= 11 is 0. The Morgan fingerprint density at radius 2 is 1.88 bits per heavy atom. The molecule has 0 spiro atoms. The third kappa shape index (κ3) is 3.71. The largest absolute Gasteiger partial charge is 0.454 e. The zero-order chi connectivity index (χ0) is 18.0. The lowest BCUT2D eigenvalue weighted by atomic mass is 10.0. The molecule has 0 radical (unpaired) electrons. The Bertz CT molecular complexity index is 796. The standard InChI is InChI=1S/C18H18F2N2O3/c1-22(2)15(11-4-6-16-17(8-11)25-10-24-16)9-21-18(23)12-3-5-13(19)14(20)7-12/h3-8,15H,9-10H2,1-2H3,(H,21,23). The van der Waals surface area contributed by atoms with E-state index in [-0.39, 0.29) is 18.4 Å². The van der Waals surface area contributed by atoms with E-state index in [2.05, 4.69) is 5.32 Å². The minimum atomic E-state index is -1.05. The van der Waals surface area contributed by atoms with Crippen molar-refractivity contribution in [3.63, 3.8) is 0 Å². The molecular formula is C18H18F2N2O3. The SMILES string of the molecule is CN(C)C(CNC(=O)c1ccc(F)c(F)c1)c1ccc2c(c1)OCO2. The van der Waals surface area contributed by atoms with Gasteiger partial charge in [0.15, 0.2) is 23.1 Å². The second-order valence-corrected chi connectivity index (χ2v) is 5.93. The number of nitrogens with one attached hydrogen (secondary N) is 1. The predicted octanol–water partition coefficient (Wildman–Crippen LogP) is 2.73. The molecule has 1 aliphatic rings. The molecule has 25 heavy (non-hydrogen) atoms. The number of hydrogen-bond acceptors (Lipinski definition) is 4. The van der Waals surface area contributed by atoms with Gasteiger partial charge in [0, 0.05) is 12.1 Å². The number of benzene rings is 2. The van der Waals surface area contributed by atoms with E-state index in [4.69, 9.17) is 9.47 Å². The first-order valence-corrected chi connectivity index (χ1v) is 7.75. The van der Waals surface area contributed by atoms with Gasteiger partial charge in [0.2, 0.25) is 6.79 Å². The summed E-state index contributed by atoms with van der Waals surface area (Å²) in [6, 6.07) is 8.55. The van der Waals surface area contributed by atoms with Crippen molar-refractivity contribution >= 4 is 5.91 Å². The first-order valence-electron chi connectivity index (χ1n) is 7.75. The predicted molar refractivity (Wildman–Crippen MR) is 87.7 cm³/mol. The molecule has 1 heterocycles. The average Bonchev–Trinajstić information content (AvgIpc) is 3.04. The van der Waals surface area contributed by atoms with Crippen molar-refractivity contribution in [1.82, 2.24) is 10.2 Å².